The maximum atomic E-state index is 13.8. The molecular formula is C35H33F2NO5. The highest BCUT2D eigenvalue weighted by Gasteiger charge is 2.41. The van der Waals surface area contributed by atoms with Crippen LogP contribution in [0.1, 0.15) is 97.0 Å². The molecule has 1 aliphatic carbocycles. The minimum Gasteiger partial charge on any atom is -0.507 e. The smallest absolute Gasteiger partial charge is 0.311 e. The van der Waals surface area contributed by atoms with Crippen molar-refractivity contribution < 1.29 is 33.0 Å². The summed E-state index contributed by atoms with van der Waals surface area (Å²) in [5, 5.41) is 11.6. The molecule has 4 aromatic rings. The van der Waals surface area contributed by atoms with Crippen LogP contribution in [-0.4, -0.2) is 27.6 Å². The Labute approximate surface area is 248 Å². The van der Waals surface area contributed by atoms with Gasteiger partial charge in [-0.2, -0.15) is 0 Å². The average molecular weight is 586 g/mol. The van der Waals surface area contributed by atoms with E-state index in [1.165, 1.54) is 6.07 Å². The predicted molar refractivity (Wildman–Crippen MR) is 159 cm³/mol. The molecule has 43 heavy (non-hydrogen) atoms. The number of benzene rings is 3. The molecule has 0 saturated carbocycles. The van der Waals surface area contributed by atoms with Crippen molar-refractivity contribution in [3.05, 3.63) is 99.7 Å². The van der Waals surface area contributed by atoms with Gasteiger partial charge in [0.1, 0.15) is 17.2 Å². The second kappa shape index (κ2) is 10.7. The molecule has 0 bridgehead atoms. The molecule has 6 nitrogen and oxygen atoms in total. The molecule has 0 fully saturated rings. The first-order valence-electron chi connectivity index (χ1n) is 14.1. The van der Waals surface area contributed by atoms with Gasteiger partial charge in [-0.3, -0.25) is 14.4 Å². The summed E-state index contributed by atoms with van der Waals surface area (Å²) in [5.41, 5.74) is 1.89. The Balaban J connectivity index is 1.40. The highest BCUT2D eigenvalue weighted by Crippen LogP contribution is 2.40. The zero-order valence-electron chi connectivity index (χ0n) is 25.0. The Hall–Kier alpha value is -4.46. The van der Waals surface area contributed by atoms with Crippen LogP contribution in [0.2, 0.25) is 0 Å². The van der Waals surface area contributed by atoms with Gasteiger partial charge in [0.05, 0.1) is 5.69 Å². The largest absolute Gasteiger partial charge is 0.507 e. The molecule has 1 N–H and O–H groups in total. The van der Waals surface area contributed by atoms with E-state index in [1.807, 2.05) is 53.7 Å². The standard InChI is InChI=1S/C35H33F2NO5/c1-34(2,3)22-14-18(15-23(33(22)42)35(4,5)6)10-13-28(39)43-27-9-7-8-19-11-12-26(38-30(19)27)29-31(40)20-16-24(36)25(37)17-21(20)32(29)41/h7-9,11-12,14-17,29,42H,10,13H2,1-6H3. The van der Waals surface area contributed by atoms with Crippen molar-refractivity contribution in [3.63, 3.8) is 0 Å². The quantitative estimate of drug-likeness (QED) is 0.148. The summed E-state index contributed by atoms with van der Waals surface area (Å²) >= 11 is 0. The van der Waals surface area contributed by atoms with E-state index in [9.17, 15) is 28.3 Å². The number of fused-ring (bicyclic) bond motifs is 2. The molecule has 0 amide bonds. The number of aromatic nitrogens is 1. The van der Waals surface area contributed by atoms with Crippen molar-refractivity contribution in [2.75, 3.05) is 0 Å². The number of aromatic hydroxyl groups is 1. The number of halogens is 2. The normalized spacial score (nSPS) is 14.0. The number of phenols is 1. The van der Waals surface area contributed by atoms with Crippen LogP contribution in [0.25, 0.3) is 10.9 Å². The number of pyridine rings is 1. The molecule has 0 saturated heterocycles. The molecule has 1 aromatic heterocycles. The molecule has 8 heteroatoms. The lowest BCUT2D eigenvalue weighted by Gasteiger charge is -2.28. The summed E-state index contributed by atoms with van der Waals surface area (Å²) in [4.78, 5) is 43.6. The number of ether oxygens (including phenoxy) is 1. The van der Waals surface area contributed by atoms with Crippen molar-refractivity contribution in [2.45, 2.75) is 71.1 Å². The number of hydrogen-bond acceptors (Lipinski definition) is 6. The Bertz CT molecular complexity index is 1740. The van der Waals surface area contributed by atoms with Gasteiger partial charge in [-0.05, 0) is 58.2 Å². The van der Waals surface area contributed by atoms with Gasteiger partial charge in [0, 0.05) is 22.9 Å². The third-order valence-corrected chi connectivity index (χ3v) is 7.74. The van der Waals surface area contributed by atoms with Crippen molar-refractivity contribution in [1.82, 2.24) is 4.98 Å². The van der Waals surface area contributed by atoms with Crippen molar-refractivity contribution >= 4 is 28.4 Å². The minimum atomic E-state index is -1.35. The summed E-state index contributed by atoms with van der Waals surface area (Å²) in [6.45, 7) is 12.1. The summed E-state index contributed by atoms with van der Waals surface area (Å²) in [6.07, 6.45) is 0.436. The number of phenolic OH excluding ortho intramolecular Hbond substituents is 1. The van der Waals surface area contributed by atoms with Crippen molar-refractivity contribution in [3.8, 4) is 11.5 Å². The van der Waals surface area contributed by atoms with E-state index >= 15 is 0 Å². The van der Waals surface area contributed by atoms with Crippen LogP contribution in [0.15, 0.2) is 54.6 Å². The first-order valence-corrected chi connectivity index (χ1v) is 14.1. The first-order chi connectivity index (χ1) is 20.1. The Morgan fingerprint density at radius 2 is 1.42 bits per heavy atom. The van der Waals surface area contributed by atoms with Crippen LogP contribution in [0, 0.1) is 11.6 Å². The van der Waals surface area contributed by atoms with Gasteiger partial charge in [-0.1, -0.05) is 71.9 Å². The third kappa shape index (κ3) is 5.66. The molecule has 0 aliphatic heterocycles. The Kier molecular flexibility index (Phi) is 7.45. The highest BCUT2D eigenvalue weighted by molar-refractivity contribution is 6.29. The zero-order chi connectivity index (χ0) is 31.4. The maximum Gasteiger partial charge on any atom is 0.311 e. The van der Waals surface area contributed by atoms with E-state index < -0.39 is 35.1 Å². The molecule has 3 aromatic carbocycles. The van der Waals surface area contributed by atoms with E-state index in [2.05, 4.69) is 4.98 Å². The van der Waals surface area contributed by atoms with Crippen LogP contribution in [0.5, 0.6) is 11.5 Å². The molecule has 222 valence electrons. The van der Waals surface area contributed by atoms with Gasteiger partial charge < -0.3 is 9.84 Å². The van der Waals surface area contributed by atoms with E-state index in [-0.39, 0.29) is 51.1 Å². The van der Waals surface area contributed by atoms with Crippen LogP contribution in [0.4, 0.5) is 8.78 Å². The second-order valence-corrected chi connectivity index (χ2v) is 13.1. The predicted octanol–water partition coefficient (Wildman–Crippen LogP) is 7.51. The molecule has 5 rings (SSSR count). The molecule has 0 radical (unpaired) electrons. The van der Waals surface area contributed by atoms with Gasteiger partial charge in [-0.25, -0.2) is 13.8 Å². The fourth-order valence-electron chi connectivity index (χ4n) is 5.43. The Morgan fingerprint density at radius 3 is 1.95 bits per heavy atom. The molecule has 0 atom stereocenters. The third-order valence-electron chi connectivity index (χ3n) is 7.74. The number of carbonyl (C=O) groups is 3. The number of Topliss-reactive ketones (excluding diaryl/α,β-unsaturated/α-hetero) is 2. The number of esters is 1. The fourth-order valence-corrected chi connectivity index (χ4v) is 5.43. The number of carbonyl (C=O) groups excluding carboxylic acids is 3. The van der Waals surface area contributed by atoms with Crippen LogP contribution >= 0.6 is 0 Å². The van der Waals surface area contributed by atoms with Gasteiger partial charge in [-0.15, -0.1) is 0 Å². The summed E-state index contributed by atoms with van der Waals surface area (Å²) in [7, 11) is 0. The van der Waals surface area contributed by atoms with Crippen LogP contribution in [0.3, 0.4) is 0 Å². The monoisotopic (exact) mass is 585 g/mol. The topological polar surface area (TPSA) is 93.6 Å². The van der Waals surface area contributed by atoms with E-state index in [4.69, 9.17) is 4.74 Å². The Morgan fingerprint density at radius 1 is 0.860 bits per heavy atom. The van der Waals surface area contributed by atoms with Crippen molar-refractivity contribution in [2.24, 2.45) is 0 Å². The molecule has 0 unspecified atom stereocenters. The minimum absolute atomic E-state index is 0.0556. The molecule has 0 spiro atoms. The van der Waals surface area contributed by atoms with Gasteiger partial charge in [0.25, 0.3) is 0 Å². The first kappa shape index (κ1) is 30.0. The number of ketones is 2. The van der Waals surface area contributed by atoms with E-state index in [1.54, 1.807) is 24.3 Å². The van der Waals surface area contributed by atoms with Gasteiger partial charge >= 0.3 is 5.97 Å². The lowest BCUT2D eigenvalue weighted by molar-refractivity contribution is -0.134. The lowest BCUT2D eigenvalue weighted by Crippen LogP contribution is -2.18. The highest BCUT2D eigenvalue weighted by atomic mass is 19.2. The summed E-state index contributed by atoms with van der Waals surface area (Å²) in [5.74, 6) is -5.19. The van der Waals surface area contributed by atoms with Crippen molar-refractivity contribution in [1.29, 1.82) is 0 Å². The zero-order valence-corrected chi connectivity index (χ0v) is 25.0. The SMILES string of the molecule is CC(C)(C)c1cc(CCC(=O)Oc2cccc3ccc(C4C(=O)c5cc(F)c(F)cc5C4=O)nc23)cc(C(C)(C)C)c1O. The van der Waals surface area contributed by atoms with Gasteiger partial charge in [0.15, 0.2) is 29.0 Å². The van der Waals surface area contributed by atoms with Crippen LogP contribution in [-0.2, 0) is 22.0 Å². The molecular weight excluding hydrogens is 552 g/mol. The number of rotatable bonds is 5. The number of aryl methyl sites for hydroxylation is 1. The molecule has 1 heterocycles. The summed E-state index contributed by atoms with van der Waals surface area (Å²) < 4.78 is 33.3. The van der Waals surface area contributed by atoms with Gasteiger partial charge in [0.2, 0.25) is 0 Å². The average Bonchev–Trinajstić information content (AvgIpc) is 3.15. The number of hydrogen-bond donors (Lipinski definition) is 1. The molecule has 1 aliphatic rings. The second-order valence-electron chi connectivity index (χ2n) is 13.1. The number of nitrogens with zero attached hydrogens (tertiary/aromatic N) is 1. The van der Waals surface area contributed by atoms with E-state index in [0.717, 1.165) is 28.8 Å². The van der Waals surface area contributed by atoms with E-state index in [0.29, 0.717) is 11.8 Å². The number of para-hydroxylation sites is 1. The van der Waals surface area contributed by atoms with Crippen LogP contribution < -0.4 is 4.74 Å². The lowest BCUT2D eigenvalue weighted by atomic mass is 9.78. The fraction of sp³-hybridized carbons (Fsp3) is 0.314. The maximum absolute atomic E-state index is 13.8. The summed E-state index contributed by atoms with van der Waals surface area (Å²) in [6, 6.07) is 13.5.